The van der Waals surface area contributed by atoms with Gasteiger partial charge < -0.3 is 4.74 Å². The van der Waals surface area contributed by atoms with Crippen molar-refractivity contribution < 1.29 is 17.5 Å². The van der Waals surface area contributed by atoms with Gasteiger partial charge in [0.25, 0.3) is 10.0 Å². The largest absolute Gasteiger partial charge is 0.439 e. The molecular formula is C20H23FN4O3S. The molecule has 0 unspecified atom stereocenters. The summed E-state index contributed by atoms with van der Waals surface area (Å²) in [6, 6.07) is 8.58. The summed E-state index contributed by atoms with van der Waals surface area (Å²) in [5.41, 5.74) is 0.934. The van der Waals surface area contributed by atoms with Gasteiger partial charge in [-0.05, 0) is 65.0 Å². The van der Waals surface area contributed by atoms with Gasteiger partial charge in [0.2, 0.25) is 5.88 Å². The molecule has 3 aromatic rings. The first-order valence-corrected chi connectivity index (χ1v) is 10.4. The Morgan fingerprint density at radius 1 is 1.07 bits per heavy atom. The number of aromatic nitrogens is 3. The van der Waals surface area contributed by atoms with Crippen molar-refractivity contribution in [3.63, 3.8) is 0 Å². The molecule has 0 amide bonds. The summed E-state index contributed by atoms with van der Waals surface area (Å²) < 4.78 is 48.6. The van der Waals surface area contributed by atoms with Gasteiger partial charge in [-0.25, -0.2) is 17.8 Å². The van der Waals surface area contributed by atoms with Crippen molar-refractivity contribution in [2.45, 2.75) is 45.1 Å². The Kier molecular flexibility index (Phi) is 5.36. The minimum atomic E-state index is -3.85. The van der Waals surface area contributed by atoms with Crippen LogP contribution in [0.3, 0.4) is 0 Å². The van der Waals surface area contributed by atoms with E-state index in [-0.39, 0.29) is 22.1 Å². The zero-order valence-electron chi connectivity index (χ0n) is 16.9. The second-order valence-corrected chi connectivity index (χ2v) is 9.25. The van der Waals surface area contributed by atoms with E-state index in [2.05, 4.69) is 14.8 Å². The van der Waals surface area contributed by atoms with Gasteiger partial charge in [-0.15, -0.1) is 0 Å². The van der Waals surface area contributed by atoms with Crippen LogP contribution in [-0.2, 0) is 15.6 Å². The van der Waals surface area contributed by atoms with Gasteiger partial charge in [0.05, 0.1) is 28.8 Å². The molecule has 0 aliphatic carbocycles. The number of rotatable bonds is 5. The number of aryl methyl sites for hydroxylation is 1. The fourth-order valence-corrected chi connectivity index (χ4v) is 4.44. The number of hydrogen-bond donors (Lipinski definition) is 1. The molecule has 1 aromatic carbocycles. The Morgan fingerprint density at radius 2 is 1.72 bits per heavy atom. The number of halogens is 1. The van der Waals surface area contributed by atoms with Gasteiger partial charge >= 0.3 is 0 Å². The maximum absolute atomic E-state index is 13.0. The van der Waals surface area contributed by atoms with E-state index in [1.54, 1.807) is 24.6 Å². The highest BCUT2D eigenvalue weighted by molar-refractivity contribution is 7.92. The lowest BCUT2D eigenvalue weighted by atomic mass is 10.1. The number of nitrogens with one attached hydrogen (secondary N) is 1. The molecule has 0 aliphatic rings. The molecule has 0 bridgehead atoms. The van der Waals surface area contributed by atoms with E-state index in [1.807, 2.05) is 20.8 Å². The van der Waals surface area contributed by atoms with E-state index in [0.717, 1.165) is 0 Å². The molecule has 154 valence electrons. The highest BCUT2D eigenvalue weighted by Gasteiger charge is 2.28. The van der Waals surface area contributed by atoms with Gasteiger partial charge in [-0.2, -0.15) is 5.10 Å². The molecule has 0 aliphatic heterocycles. The topological polar surface area (TPSA) is 86.1 Å². The van der Waals surface area contributed by atoms with E-state index in [9.17, 15) is 12.8 Å². The Balaban J connectivity index is 1.81. The number of ether oxygens (including phenoxy) is 1. The fraction of sp³-hybridized carbons (Fsp3) is 0.300. The third-order valence-electron chi connectivity index (χ3n) is 4.15. The molecule has 1 N–H and O–H groups in total. The number of hydrogen-bond acceptors (Lipinski definition) is 5. The predicted molar refractivity (Wildman–Crippen MR) is 108 cm³/mol. The molecule has 7 nitrogen and oxygen atoms in total. The fourth-order valence-electron chi connectivity index (χ4n) is 3.00. The lowest BCUT2D eigenvalue weighted by molar-refractivity contribution is 0.345. The minimum absolute atomic E-state index is 0.152. The minimum Gasteiger partial charge on any atom is -0.439 e. The van der Waals surface area contributed by atoms with Crippen molar-refractivity contribution in [1.29, 1.82) is 0 Å². The number of benzene rings is 1. The summed E-state index contributed by atoms with van der Waals surface area (Å²) in [6.45, 7) is 9.28. The molecule has 0 spiro atoms. The zero-order chi connectivity index (χ0) is 21.4. The average Bonchev–Trinajstić information content (AvgIpc) is 2.94. The third kappa shape index (κ3) is 4.56. The molecule has 0 atom stereocenters. The summed E-state index contributed by atoms with van der Waals surface area (Å²) in [7, 11) is -3.85. The predicted octanol–water partition coefficient (Wildman–Crippen LogP) is 4.38. The second-order valence-electron chi connectivity index (χ2n) is 7.63. The van der Waals surface area contributed by atoms with E-state index in [4.69, 9.17) is 4.74 Å². The maximum atomic E-state index is 13.0. The summed E-state index contributed by atoms with van der Waals surface area (Å²) in [6.07, 6.45) is 1.36. The highest BCUT2D eigenvalue weighted by Crippen LogP contribution is 2.27. The van der Waals surface area contributed by atoms with Crippen molar-refractivity contribution in [1.82, 2.24) is 14.8 Å². The number of pyridine rings is 1. The van der Waals surface area contributed by atoms with Gasteiger partial charge in [-0.1, -0.05) is 0 Å². The van der Waals surface area contributed by atoms with Crippen LogP contribution in [0.2, 0.25) is 0 Å². The van der Waals surface area contributed by atoms with Crippen molar-refractivity contribution in [2.24, 2.45) is 0 Å². The number of nitrogens with zero attached hydrogens (tertiary/aromatic N) is 3. The molecule has 3 rings (SSSR count). The smallest absolute Gasteiger partial charge is 0.265 e. The molecule has 2 heterocycles. The molecule has 0 radical (unpaired) electrons. The van der Waals surface area contributed by atoms with Crippen LogP contribution in [-0.4, -0.2) is 23.2 Å². The quantitative estimate of drug-likeness (QED) is 0.664. The molecule has 0 saturated heterocycles. The Labute approximate surface area is 169 Å². The Hall–Kier alpha value is -2.94. The lowest BCUT2D eigenvalue weighted by Gasteiger charge is -2.21. The average molecular weight is 418 g/mol. The molecule has 0 fully saturated rings. The van der Waals surface area contributed by atoms with Gasteiger partial charge in [0.1, 0.15) is 16.5 Å². The van der Waals surface area contributed by atoms with Crippen LogP contribution in [0.15, 0.2) is 47.5 Å². The van der Waals surface area contributed by atoms with Crippen LogP contribution in [0.1, 0.15) is 32.2 Å². The first-order valence-electron chi connectivity index (χ1n) is 8.96. The summed E-state index contributed by atoms with van der Waals surface area (Å²) in [4.78, 5) is 4.25. The van der Waals surface area contributed by atoms with E-state index in [0.29, 0.717) is 22.8 Å². The zero-order valence-corrected chi connectivity index (χ0v) is 17.7. The van der Waals surface area contributed by atoms with Crippen LogP contribution in [0.25, 0.3) is 0 Å². The highest BCUT2D eigenvalue weighted by atomic mass is 32.2. The first kappa shape index (κ1) is 20.8. The van der Waals surface area contributed by atoms with Gasteiger partial charge in [0, 0.05) is 6.07 Å². The number of sulfonamides is 1. The molecular weight excluding hydrogens is 395 g/mol. The van der Waals surface area contributed by atoms with Crippen molar-refractivity contribution in [3.05, 3.63) is 59.8 Å². The summed E-state index contributed by atoms with van der Waals surface area (Å²) >= 11 is 0. The molecule has 0 saturated carbocycles. The van der Waals surface area contributed by atoms with Gasteiger partial charge in [0.15, 0.2) is 0 Å². The molecule has 29 heavy (non-hydrogen) atoms. The Morgan fingerprint density at radius 3 is 2.24 bits per heavy atom. The summed E-state index contributed by atoms with van der Waals surface area (Å²) in [5.74, 6) is 0.316. The van der Waals surface area contributed by atoms with E-state index >= 15 is 0 Å². The second kappa shape index (κ2) is 7.47. The first-order chi connectivity index (χ1) is 13.5. The maximum Gasteiger partial charge on any atom is 0.265 e. The van der Waals surface area contributed by atoms with E-state index < -0.39 is 10.0 Å². The SMILES string of the molecule is Cc1nn(C(C)(C)C)c(C)c1S(=O)(=O)Nc1ccc(Oc2ccc(F)cc2)nc1. The van der Waals surface area contributed by atoms with Crippen molar-refractivity contribution in [2.75, 3.05) is 4.72 Å². The normalized spacial score (nSPS) is 12.1. The van der Waals surface area contributed by atoms with Crippen LogP contribution >= 0.6 is 0 Å². The summed E-state index contributed by atoms with van der Waals surface area (Å²) in [5, 5.41) is 4.39. The van der Waals surface area contributed by atoms with Crippen molar-refractivity contribution >= 4 is 15.7 Å². The van der Waals surface area contributed by atoms with Crippen LogP contribution in [0, 0.1) is 19.7 Å². The van der Waals surface area contributed by atoms with Crippen LogP contribution in [0.5, 0.6) is 11.6 Å². The number of anilines is 1. The van der Waals surface area contributed by atoms with Crippen LogP contribution in [0.4, 0.5) is 10.1 Å². The molecule has 2 aromatic heterocycles. The van der Waals surface area contributed by atoms with Crippen molar-refractivity contribution in [3.8, 4) is 11.6 Å². The van der Waals surface area contributed by atoms with Crippen LogP contribution < -0.4 is 9.46 Å². The standard InChI is InChI=1S/C20H23FN4O3S/c1-13-19(14(2)25(23-13)20(3,4)5)29(26,27)24-16-8-11-18(22-12-16)28-17-9-6-15(21)7-10-17/h6-12,24H,1-5H3. The molecule has 9 heteroatoms. The van der Waals surface area contributed by atoms with Gasteiger partial charge in [-0.3, -0.25) is 9.40 Å². The lowest BCUT2D eigenvalue weighted by Crippen LogP contribution is -2.25. The monoisotopic (exact) mass is 418 g/mol. The Bertz CT molecular complexity index is 1120. The third-order valence-corrected chi connectivity index (χ3v) is 5.79. The van der Waals surface area contributed by atoms with E-state index in [1.165, 1.54) is 36.5 Å².